The van der Waals surface area contributed by atoms with Crippen molar-refractivity contribution in [3.63, 3.8) is 0 Å². The number of carbonyl (C=O) groups is 1. The van der Waals surface area contributed by atoms with Crippen LogP contribution in [-0.4, -0.2) is 28.9 Å². The first-order valence-corrected chi connectivity index (χ1v) is 6.73. The zero-order chi connectivity index (χ0) is 12.1. The first kappa shape index (κ1) is 13.4. The quantitative estimate of drug-likeness (QED) is 0.766. The second kappa shape index (κ2) is 6.13. The molecule has 2 atom stereocenters. The monoisotopic (exact) mass is 243 g/mol. The third-order valence-electron chi connectivity index (χ3n) is 3.02. The molecule has 4 nitrogen and oxygen atoms in total. The van der Waals surface area contributed by atoms with Crippen LogP contribution in [0.1, 0.15) is 33.6 Å². The highest BCUT2D eigenvalue weighted by atomic mass is 32.2. The van der Waals surface area contributed by atoms with Crippen molar-refractivity contribution in [2.45, 2.75) is 44.9 Å². The number of thioether (sulfide) groups is 1. The van der Waals surface area contributed by atoms with Gasteiger partial charge in [0.05, 0.1) is 6.54 Å². The smallest absolute Gasteiger partial charge is 0.239 e. The minimum atomic E-state index is -0.341. The number of amidine groups is 1. The van der Waals surface area contributed by atoms with Gasteiger partial charge in [0.25, 0.3) is 0 Å². The number of nitrogens with two attached hydrogens (primary N) is 1. The van der Waals surface area contributed by atoms with E-state index in [0.29, 0.717) is 11.2 Å². The molecule has 0 aliphatic carbocycles. The first-order valence-electron chi connectivity index (χ1n) is 5.85. The molecule has 92 valence electrons. The summed E-state index contributed by atoms with van der Waals surface area (Å²) in [5, 5.41) is 4.47. The Morgan fingerprint density at radius 2 is 2.25 bits per heavy atom. The van der Waals surface area contributed by atoms with Gasteiger partial charge < -0.3 is 11.1 Å². The van der Waals surface area contributed by atoms with E-state index in [1.54, 1.807) is 18.7 Å². The highest BCUT2D eigenvalue weighted by Crippen LogP contribution is 2.30. The maximum absolute atomic E-state index is 10.9. The van der Waals surface area contributed by atoms with E-state index >= 15 is 0 Å². The van der Waals surface area contributed by atoms with Crippen LogP contribution in [0.15, 0.2) is 4.99 Å². The Morgan fingerprint density at radius 1 is 1.62 bits per heavy atom. The van der Waals surface area contributed by atoms with Crippen molar-refractivity contribution < 1.29 is 4.79 Å². The fourth-order valence-electron chi connectivity index (χ4n) is 1.79. The summed E-state index contributed by atoms with van der Waals surface area (Å²) in [6, 6.07) is -0.341. The number of primary amides is 1. The molecule has 1 rings (SSSR count). The summed E-state index contributed by atoms with van der Waals surface area (Å²) in [4.78, 5) is 15.3. The van der Waals surface area contributed by atoms with Crippen LogP contribution >= 0.6 is 11.8 Å². The molecule has 1 aliphatic heterocycles. The average molecular weight is 243 g/mol. The lowest BCUT2D eigenvalue weighted by molar-refractivity contribution is -0.119. The fourth-order valence-corrected chi connectivity index (χ4v) is 3.19. The SMILES string of the molecule is CCC(CC)C1CN=C(NC(C)C(N)=O)S1. The predicted octanol–water partition coefficient (Wildman–Crippen LogP) is 1.36. The number of nitrogens with one attached hydrogen (secondary N) is 1. The molecule has 0 aromatic rings. The minimum absolute atomic E-state index is 0.339. The Hall–Kier alpha value is -0.710. The van der Waals surface area contributed by atoms with Crippen LogP contribution in [0, 0.1) is 5.92 Å². The van der Waals surface area contributed by atoms with Crippen LogP contribution in [0.25, 0.3) is 0 Å². The normalized spacial score (nSPS) is 22.0. The number of nitrogens with zero attached hydrogens (tertiary/aromatic N) is 1. The average Bonchev–Trinajstić information content (AvgIpc) is 2.68. The molecule has 0 spiro atoms. The Balaban J connectivity index is 2.42. The van der Waals surface area contributed by atoms with Crippen molar-refractivity contribution in [2.75, 3.05) is 6.54 Å². The number of rotatable bonds is 5. The van der Waals surface area contributed by atoms with Gasteiger partial charge >= 0.3 is 0 Å². The minimum Gasteiger partial charge on any atom is -0.368 e. The van der Waals surface area contributed by atoms with Crippen molar-refractivity contribution in [3.8, 4) is 0 Å². The van der Waals surface area contributed by atoms with Crippen LogP contribution in [0.3, 0.4) is 0 Å². The summed E-state index contributed by atoms with van der Waals surface area (Å²) < 4.78 is 0. The second-order valence-electron chi connectivity index (χ2n) is 4.15. The van der Waals surface area contributed by atoms with E-state index in [0.717, 1.165) is 11.7 Å². The van der Waals surface area contributed by atoms with Crippen molar-refractivity contribution in [1.82, 2.24) is 5.32 Å². The largest absolute Gasteiger partial charge is 0.368 e. The summed E-state index contributed by atoms with van der Waals surface area (Å²) in [5.41, 5.74) is 5.20. The van der Waals surface area contributed by atoms with Crippen molar-refractivity contribution in [3.05, 3.63) is 0 Å². The topological polar surface area (TPSA) is 67.5 Å². The lowest BCUT2D eigenvalue weighted by atomic mass is 9.99. The zero-order valence-corrected chi connectivity index (χ0v) is 11.0. The molecule has 0 aromatic heterocycles. The summed E-state index contributed by atoms with van der Waals surface area (Å²) in [6.45, 7) is 7.04. The van der Waals surface area contributed by atoms with Gasteiger partial charge in [-0.1, -0.05) is 38.5 Å². The van der Waals surface area contributed by atoms with Crippen molar-refractivity contribution in [1.29, 1.82) is 0 Å². The fraction of sp³-hybridized carbons (Fsp3) is 0.818. The lowest BCUT2D eigenvalue weighted by Gasteiger charge is -2.19. The molecule has 0 fully saturated rings. The van der Waals surface area contributed by atoms with Gasteiger partial charge in [0.2, 0.25) is 5.91 Å². The summed E-state index contributed by atoms with van der Waals surface area (Å²) in [6.07, 6.45) is 2.37. The molecular weight excluding hydrogens is 222 g/mol. The molecule has 0 saturated carbocycles. The zero-order valence-electron chi connectivity index (χ0n) is 10.2. The molecule has 2 unspecified atom stereocenters. The van der Waals surface area contributed by atoms with Crippen LogP contribution in [0.2, 0.25) is 0 Å². The van der Waals surface area contributed by atoms with Gasteiger partial charge in [-0.3, -0.25) is 9.79 Å². The molecule has 16 heavy (non-hydrogen) atoms. The number of hydrogen-bond donors (Lipinski definition) is 2. The van der Waals surface area contributed by atoms with Crippen LogP contribution in [0.5, 0.6) is 0 Å². The van der Waals surface area contributed by atoms with E-state index in [1.807, 2.05) is 0 Å². The maximum Gasteiger partial charge on any atom is 0.239 e. The third kappa shape index (κ3) is 3.40. The van der Waals surface area contributed by atoms with E-state index in [4.69, 9.17) is 5.73 Å². The number of hydrogen-bond acceptors (Lipinski definition) is 4. The Kier molecular flexibility index (Phi) is 5.12. The van der Waals surface area contributed by atoms with E-state index in [1.165, 1.54) is 12.8 Å². The van der Waals surface area contributed by atoms with Gasteiger partial charge in [0, 0.05) is 5.25 Å². The van der Waals surface area contributed by atoms with Crippen LogP contribution < -0.4 is 11.1 Å². The standard InChI is InChI=1S/C11H21N3OS/c1-4-8(5-2)9-6-13-11(16-9)14-7(3)10(12)15/h7-9H,4-6H2,1-3H3,(H2,12,15)(H,13,14). The first-order chi connectivity index (χ1) is 7.58. The van der Waals surface area contributed by atoms with Crippen molar-refractivity contribution >= 4 is 22.8 Å². The molecule has 0 saturated heterocycles. The Bertz CT molecular complexity index is 276. The third-order valence-corrected chi connectivity index (χ3v) is 4.33. The molecule has 0 aromatic carbocycles. The van der Waals surface area contributed by atoms with Gasteiger partial charge in [-0.25, -0.2) is 0 Å². The van der Waals surface area contributed by atoms with Gasteiger partial charge in [-0.15, -0.1) is 0 Å². The number of aliphatic imine (C=N–C) groups is 1. The maximum atomic E-state index is 10.9. The van der Waals surface area contributed by atoms with E-state index in [2.05, 4.69) is 24.2 Å². The Morgan fingerprint density at radius 3 is 2.75 bits per heavy atom. The number of amides is 1. The predicted molar refractivity (Wildman–Crippen MR) is 69.5 cm³/mol. The molecule has 0 bridgehead atoms. The second-order valence-corrected chi connectivity index (χ2v) is 5.38. The number of carbonyl (C=O) groups excluding carboxylic acids is 1. The molecule has 5 heteroatoms. The lowest BCUT2D eigenvalue weighted by Crippen LogP contribution is -2.40. The van der Waals surface area contributed by atoms with Gasteiger partial charge in [-0.2, -0.15) is 0 Å². The van der Waals surface area contributed by atoms with Crippen molar-refractivity contribution in [2.24, 2.45) is 16.6 Å². The van der Waals surface area contributed by atoms with E-state index in [9.17, 15) is 4.79 Å². The van der Waals surface area contributed by atoms with E-state index < -0.39 is 0 Å². The highest BCUT2D eigenvalue weighted by molar-refractivity contribution is 8.14. The summed E-state index contributed by atoms with van der Waals surface area (Å²) >= 11 is 1.74. The summed E-state index contributed by atoms with van der Waals surface area (Å²) in [7, 11) is 0. The van der Waals surface area contributed by atoms with Gasteiger partial charge in [0.1, 0.15) is 6.04 Å². The van der Waals surface area contributed by atoms with Crippen LogP contribution in [0.4, 0.5) is 0 Å². The molecular formula is C11H21N3OS. The molecule has 1 amide bonds. The van der Waals surface area contributed by atoms with Gasteiger partial charge in [0.15, 0.2) is 5.17 Å². The molecule has 1 heterocycles. The van der Waals surface area contributed by atoms with E-state index in [-0.39, 0.29) is 11.9 Å². The van der Waals surface area contributed by atoms with Gasteiger partial charge in [-0.05, 0) is 12.8 Å². The summed E-state index contributed by atoms with van der Waals surface area (Å²) in [5.74, 6) is 0.367. The molecule has 1 aliphatic rings. The highest BCUT2D eigenvalue weighted by Gasteiger charge is 2.26. The Labute approximate surface area is 101 Å². The molecule has 0 radical (unpaired) electrons. The molecule has 3 N–H and O–H groups in total. The van der Waals surface area contributed by atoms with Crippen LogP contribution in [-0.2, 0) is 4.79 Å².